The molecule has 1 aromatic rings. The molecule has 2 heterocycles. The first-order chi connectivity index (χ1) is 8.51. The predicted octanol–water partition coefficient (Wildman–Crippen LogP) is -0.0489. The molecule has 18 heavy (non-hydrogen) atoms. The van der Waals surface area contributed by atoms with Crippen molar-refractivity contribution in [1.82, 2.24) is 15.3 Å². The number of aliphatic hydroxyl groups is 1. The first-order valence-electron chi connectivity index (χ1n) is 6.26. The molecule has 0 radical (unpaired) electrons. The molecule has 6 heteroatoms. The van der Waals surface area contributed by atoms with Crippen molar-refractivity contribution in [3.8, 4) is 0 Å². The molecule has 1 aliphatic rings. The van der Waals surface area contributed by atoms with E-state index >= 15 is 0 Å². The summed E-state index contributed by atoms with van der Waals surface area (Å²) in [6.45, 7) is 5.44. The predicted molar refractivity (Wildman–Crippen MR) is 71.6 cm³/mol. The number of anilines is 2. The van der Waals surface area contributed by atoms with Gasteiger partial charge < -0.3 is 21.1 Å². The number of nitrogens with zero attached hydrogens (tertiary/aromatic N) is 3. The van der Waals surface area contributed by atoms with E-state index in [2.05, 4.69) is 29.1 Å². The summed E-state index contributed by atoms with van der Waals surface area (Å²) in [5.74, 6) is 1.39. The van der Waals surface area contributed by atoms with Crippen molar-refractivity contribution in [3.63, 3.8) is 0 Å². The highest BCUT2D eigenvalue weighted by Gasteiger charge is 2.31. The molecule has 0 bridgehead atoms. The molecular formula is C12H21N5O. The number of hydrogen-bond acceptors (Lipinski definition) is 6. The Bertz CT molecular complexity index is 423. The van der Waals surface area contributed by atoms with Gasteiger partial charge in [-0.2, -0.15) is 4.98 Å². The Morgan fingerprint density at radius 1 is 1.44 bits per heavy atom. The highest BCUT2D eigenvalue weighted by atomic mass is 16.3. The second kappa shape index (κ2) is 5.07. The van der Waals surface area contributed by atoms with Crippen LogP contribution in [0.1, 0.15) is 25.5 Å². The van der Waals surface area contributed by atoms with E-state index in [0.717, 1.165) is 18.1 Å². The summed E-state index contributed by atoms with van der Waals surface area (Å²) in [6, 6.07) is 2.02. The minimum atomic E-state index is -0.381. The van der Waals surface area contributed by atoms with Gasteiger partial charge in [-0.1, -0.05) is 13.8 Å². The summed E-state index contributed by atoms with van der Waals surface area (Å²) >= 11 is 0. The maximum absolute atomic E-state index is 9.89. The van der Waals surface area contributed by atoms with Crippen LogP contribution in [0.15, 0.2) is 6.07 Å². The summed E-state index contributed by atoms with van der Waals surface area (Å²) in [4.78, 5) is 10.5. The molecule has 1 saturated heterocycles. The van der Waals surface area contributed by atoms with Crippen LogP contribution in [0.3, 0.4) is 0 Å². The lowest BCUT2D eigenvalue weighted by atomic mass is 10.1. The summed E-state index contributed by atoms with van der Waals surface area (Å²) in [7, 11) is 1.85. The molecule has 2 rings (SSSR count). The Labute approximate surface area is 107 Å². The second-order valence-electron chi connectivity index (χ2n) is 5.03. The molecule has 100 valence electrons. The quantitative estimate of drug-likeness (QED) is 0.698. The Balaban J connectivity index is 2.24. The molecule has 0 amide bonds. The summed E-state index contributed by atoms with van der Waals surface area (Å²) in [5, 5.41) is 13.0. The molecule has 4 N–H and O–H groups in total. The molecule has 6 nitrogen and oxygen atoms in total. The van der Waals surface area contributed by atoms with Crippen LogP contribution < -0.4 is 16.0 Å². The van der Waals surface area contributed by atoms with Gasteiger partial charge in [-0.15, -0.1) is 0 Å². The zero-order chi connectivity index (χ0) is 13.3. The van der Waals surface area contributed by atoms with E-state index in [9.17, 15) is 5.11 Å². The number of nitrogen functional groups attached to an aromatic ring is 1. The van der Waals surface area contributed by atoms with Crippen molar-refractivity contribution in [2.24, 2.45) is 0 Å². The summed E-state index contributed by atoms with van der Waals surface area (Å²) in [6.07, 6.45) is -0.381. The van der Waals surface area contributed by atoms with Crippen molar-refractivity contribution in [2.75, 3.05) is 30.8 Å². The maximum atomic E-state index is 9.89. The number of nitrogens with two attached hydrogens (primary N) is 1. The third-order valence-electron chi connectivity index (χ3n) is 3.33. The van der Waals surface area contributed by atoms with E-state index in [1.807, 2.05) is 18.0 Å². The van der Waals surface area contributed by atoms with Crippen LogP contribution in [0.2, 0.25) is 0 Å². The maximum Gasteiger partial charge on any atom is 0.222 e. The number of rotatable bonds is 3. The van der Waals surface area contributed by atoms with Crippen LogP contribution in [-0.4, -0.2) is 47.4 Å². The van der Waals surface area contributed by atoms with Gasteiger partial charge in [0.1, 0.15) is 5.82 Å². The van der Waals surface area contributed by atoms with E-state index < -0.39 is 0 Å². The van der Waals surface area contributed by atoms with E-state index in [0.29, 0.717) is 18.4 Å². The van der Waals surface area contributed by atoms with Crippen molar-refractivity contribution in [2.45, 2.75) is 31.9 Å². The molecule has 0 spiro atoms. The summed E-state index contributed by atoms with van der Waals surface area (Å²) in [5.41, 5.74) is 6.67. The number of hydrogen-bond donors (Lipinski definition) is 3. The summed E-state index contributed by atoms with van der Waals surface area (Å²) < 4.78 is 0. The smallest absolute Gasteiger partial charge is 0.222 e. The van der Waals surface area contributed by atoms with Gasteiger partial charge in [0.2, 0.25) is 5.95 Å². The molecule has 0 aromatic carbocycles. The van der Waals surface area contributed by atoms with Crippen molar-refractivity contribution in [3.05, 3.63) is 11.8 Å². The third kappa shape index (κ3) is 2.54. The fourth-order valence-electron chi connectivity index (χ4n) is 2.19. The number of aliphatic hydroxyl groups excluding tert-OH is 1. The monoisotopic (exact) mass is 251 g/mol. The molecule has 1 aromatic heterocycles. The first kappa shape index (κ1) is 13.0. The normalized spacial score (nSPS) is 23.9. The fraction of sp³-hybridized carbons (Fsp3) is 0.667. The lowest BCUT2D eigenvalue weighted by Gasteiger charge is -2.18. The zero-order valence-corrected chi connectivity index (χ0v) is 11.1. The average Bonchev–Trinajstić information content (AvgIpc) is 2.69. The number of nitrogens with one attached hydrogen (secondary N) is 1. The van der Waals surface area contributed by atoms with Crippen molar-refractivity contribution in [1.29, 1.82) is 0 Å². The van der Waals surface area contributed by atoms with E-state index in [4.69, 9.17) is 5.73 Å². The van der Waals surface area contributed by atoms with Gasteiger partial charge in [0.15, 0.2) is 0 Å². The highest BCUT2D eigenvalue weighted by Crippen LogP contribution is 2.23. The Morgan fingerprint density at radius 2 is 2.17 bits per heavy atom. The third-order valence-corrected chi connectivity index (χ3v) is 3.33. The van der Waals surface area contributed by atoms with Gasteiger partial charge in [0.05, 0.1) is 17.8 Å². The number of likely N-dealkylation sites (N-methyl/N-ethyl adjacent to an activating group) is 1. The molecule has 2 atom stereocenters. The first-order valence-corrected chi connectivity index (χ1v) is 6.26. The number of β-amino-alcohol motifs (C(OH)–C–C–N with tert-alkyl or cyclic N) is 1. The van der Waals surface area contributed by atoms with Crippen molar-refractivity contribution >= 4 is 11.8 Å². The van der Waals surface area contributed by atoms with Gasteiger partial charge in [-0.3, -0.25) is 0 Å². The molecular weight excluding hydrogens is 230 g/mol. The number of aromatic nitrogens is 2. The van der Waals surface area contributed by atoms with E-state index in [1.165, 1.54) is 0 Å². The average molecular weight is 251 g/mol. The lowest BCUT2D eigenvalue weighted by molar-refractivity contribution is 0.168. The minimum Gasteiger partial charge on any atom is -0.390 e. The highest BCUT2D eigenvalue weighted by molar-refractivity contribution is 5.46. The molecule has 2 unspecified atom stereocenters. The minimum absolute atomic E-state index is 0.0729. The van der Waals surface area contributed by atoms with E-state index in [-0.39, 0.29) is 12.1 Å². The Morgan fingerprint density at radius 3 is 2.72 bits per heavy atom. The Kier molecular flexibility index (Phi) is 3.68. The second-order valence-corrected chi connectivity index (χ2v) is 5.03. The molecule has 0 aliphatic carbocycles. The molecule has 1 fully saturated rings. The SMILES string of the molecule is CNC1CN(c2cc(C(C)C)nc(N)n2)CC1O. The van der Waals surface area contributed by atoms with Crippen LogP contribution in [0.4, 0.5) is 11.8 Å². The van der Waals surface area contributed by atoms with Crippen LogP contribution in [0, 0.1) is 0 Å². The Hall–Kier alpha value is -1.40. The van der Waals surface area contributed by atoms with Crippen LogP contribution in [0.5, 0.6) is 0 Å². The van der Waals surface area contributed by atoms with Crippen LogP contribution in [-0.2, 0) is 0 Å². The fourth-order valence-corrected chi connectivity index (χ4v) is 2.19. The van der Waals surface area contributed by atoms with Crippen molar-refractivity contribution < 1.29 is 5.11 Å². The van der Waals surface area contributed by atoms with Gasteiger partial charge >= 0.3 is 0 Å². The van der Waals surface area contributed by atoms with Crippen LogP contribution in [0.25, 0.3) is 0 Å². The molecule has 1 aliphatic heterocycles. The standard InChI is InChI=1S/C12H21N5O/c1-7(2)8-4-11(16-12(13)15-8)17-5-9(14-3)10(18)6-17/h4,7,9-10,14,18H,5-6H2,1-3H3,(H2,13,15,16). The van der Waals surface area contributed by atoms with Crippen LogP contribution >= 0.6 is 0 Å². The van der Waals surface area contributed by atoms with E-state index in [1.54, 1.807) is 0 Å². The van der Waals surface area contributed by atoms with Gasteiger partial charge in [-0.25, -0.2) is 4.98 Å². The largest absolute Gasteiger partial charge is 0.390 e. The topological polar surface area (TPSA) is 87.3 Å². The van der Waals surface area contributed by atoms with Gasteiger partial charge in [0.25, 0.3) is 0 Å². The van der Waals surface area contributed by atoms with Gasteiger partial charge in [0, 0.05) is 19.2 Å². The molecule has 0 saturated carbocycles. The van der Waals surface area contributed by atoms with Gasteiger partial charge in [-0.05, 0) is 13.0 Å². The zero-order valence-electron chi connectivity index (χ0n) is 11.1. The lowest BCUT2D eigenvalue weighted by Crippen LogP contribution is -2.36.